The molecular weight excluding hydrogens is 230 g/mol. The molecule has 0 saturated heterocycles. The summed E-state index contributed by atoms with van der Waals surface area (Å²) < 4.78 is 0. The lowest BCUT2D eigenvalue weighted by Crippen LogP contribution is -2.40. The van der Waals surface area contributed by atoms with Crippen LogP contribution in [-0.4, -0.2) is 23.0 Å². The van der Waals surface area contributed by atoms with Gasteiger partial charge in [-0.25, -0.2) is 0 Å². The van der Waals surface area contributed by atoms with Gasteiger partial charge in [0.15, 0.2) is 0 Å². The van der Waals surface area contributed by atoms with Crippen molar-refractivity contribution in [1.82, 2.24) is 5.32 Å². The number of aliphatic carboxylic acids is 1. The molecule has 0 unspecified atom stereocenters. The molecule has 2 aliphatic rings. The normalized spacial score (nSPS) is 27.7. The van der Waals surface area contributed by atoms with Crippen LogP contribution in [0.15, 0.2) is 11.6 Å². The molecule has 1 fully saturated rings. The Balaban J connectivity index is 1.83. The predicted molar refractivity (Wildman–Crippen MR) is 68.1 cm³/mol. The van der Waals surface area contributed by atoms with Crippen LogP contribution >= 0.6 is 0 Å². The van der Waals surface area contributed by atoms with Crippen LogP contribution in [0, 0.1) is 5.92 Å². The third-order valence-electron chi connectivity index (χ3n) is 3.95. The third-order valence-corrected chi connectivity index (χ3v) is 3.95. The van der Waals surface area contributed by atoms with E-state index in [-0.39, 0.29) is 11.9 Å². The fraction of sp³-hybridized carbons (Fsp3) is 0.714. The number of amides is 1. The number of rotatable bonds is 4. The fourth-order valence-corrected chi connectivity index (χ4v) is 2.96. The van der Waals surface area contributed by atoms with Gasteiger partial charge >= 0.3 is 5.97 Å². The van der Waals surface area contributed by atoms with E-state index >= 15 is 0 Å². The molecule has 0 radical (unpaired) electrons. The topological polar surface area (TPSA) is 66.4 Å². The van der Waals surface area contributed by atoms with Crippen molar-refractivity contribution in [2.24, 2.45) is 5.92 Å². The molecule has 0 aromatic rings. The molecule has 0 spiro atoms. The van der Waals surface area contributed by atoms with Gasteiger partial charge in [0, 0.05) is 12.5 Å². The van der Waals surface area contributed by atoms with Crippen molar-refractivity contribution in [3.63, 3.8) is 0 Å². The molecule has 1 amide bonds. The fourth-order valence-electron chi connectivity index (χ4n) is 2.96. The first-order chi connectivity index (χ1) is 8.66. The average Bonchev–Trinajstić information content (AvgIpc) is 2.78. The van der Waals surface area contributed by atoms with Crippen LogP contribution in [0.2, 0.25) is 0 Å². The molecule has 2 aliphatic carbocycles. The SMILES string of the molecule is O=C(CC1=CCCCC1)N[C@H]1CCC[C@H]1C(=O)O. The van der Waals surface area contributed by atoms with E-state index in [2.05, 4.69) is 11.4 Å². The van der Waals surface area contributed by atoms with Crippen molar-refractivity contribution in [2.75, 3.05) is 0 Å². The molecule has 4 heteroatoms. The largest absolute Gasteiger partial charge is 0.481 e. The molecule has 0 aromatic heterocycles. The van der Waals surface area contributed by atoms with Gasteiger partial charge in [-0.2, -0.15) is 0 Å². The summed E-state index contributed by atoms with van der Waals surface area (Å²) in [5.41, 5.74) is 1.21. The monoisotopic (exact) mass is 251 g/mol. The molecule has 2 rings (SSSR count). The van der Waals surface area contributed by atoms with Crippen LogP contribution in [0.5, 0.6) is 0 Å². The van der Waals surface area contributed by atoms with Gasteiger partial charge in [-0.1, -0.05) is 18.1 Å². The summed E-state index contributed by atoms with van der Waals surface area (Å²) in [5.74, 6) is -1.19. The maximum absolute atomic E-state index is 11.9. The third kappa shape index (κ3) is 3.34. The minimum Gasteiger partial charge on any atom is -0.481 e. The van der Waals surface area contributed by atoms with Crippen molar-refractivity contribution in [3.05, 3.63) is 11.6 Å². The molecule has 0 bridgehead atoms. The molecular formula is C14H21NO3. The van der Waals surface area contributed by atoms with E-state index in [1.54, 1.807) is 0 Å². The summed E-state index contributed by atoms with van der Waals surface area (Å²) in [6.07, 6.45) is 9.45. The molecule has 1 saturated carbocycles. The quantitative estimate of drug-likeness (QED) is 0.753. The zero-order chi connectivity index (χ0) is 13.0. The highest BCUT2D eigenvalue weighted by Gasteiger charge is 2.33. The second-order valence-corrected chi connectivity index (χ2v) is 5.33. The molecule has 18 heavy (non-hydrogen) atoms. The van der Waals surface area contributed by atoms with Crippen LogP contribution in [0.4, 0.5) is 0 Å². The summed E-state index contributed by atoms with van der Waals surface area (Å²) in [6.45, 7) is 0. The highest BCUT2D eigenvalue weighted by Crippen LogP contribution is 2.26. The number of hydrogen-bond acceptors (Lipinski definition) is 2. The maximum Gasteiger partial charge on any atom is 0.308 e. The number of carboxylic acid groups (broad SMARTS) is 1. The first kappa shape index (κ1) is 13.1. The van der Waals surface area contributed by atoms with E-state index in [4.69, 9.17) is 5.11 Å². The highest BCUT2D eigenvalue weighted by atomic mass is 16.4. The minimum atomic E-state index is -0.783. The highest BCUT2D eigenvalue weighted by molar-refractivity contribution is 5.80. The Bertz CT molecular complexity index is 362. The zero-order valence-corrected chi connectivity index (χ0v) is 10.7. The van der Waals surface area contributed by atoms with Gasteiger partial charge in [-0.3, -0.25) is 9.59 Å². The average molecular weight is 251 g/mol. The molecule has 2 N–H and O–H groups in total. The maximum atomic E-state index is 11.9. The van der Waals surface area contributed by atoms with Crippen LogP contribution in [0.25, 0.3) is 0 Å². The van der Waals surface area contributed by atoms with Gasteiger partial charge in [-0.05, 0) is 38.5 Å². The smallest absolute Gasteiger partial charge is 0.308 e. The molecule has 100 valence electrons. The van der Waals surface area contributed by atoms with Gasteiger partial charge in [0.1, 0.15) is 0 Å². The van der Waals surface area contributed by atoms with Gasteiger partial charge in [0.2, 0.25) is 5.91 Å². The number of carbonyl (C=O) groups is 2. The second kappa shape index (κ2) is 6.03. The predicted octanol–water partition coefficient (Wildman–Crippen LogP) is 2.25. The first-order valence-corrected chi connectivity index (χ1v) is 6.87. The Morgan fingerprint density at radius 3 is 2.78 bits per heavy atom. The molecule has 4 nitrogen and oxygen atoms in total. The van der Waals surface area contributed by atoms with Gasteiger partial charge in [-0.15, -0.1) is 0 Å². The lowest BCUT2D eigenvalue weighted by Gasteiger charge is -2.19. The van der Waals surface area contributed by atoms with Crippen LogP contribution in [0.3, 0.4) is 0 Å². The van der Waals surface area contributed by atoms with E-state index in [1.165, 1.54) is 18.4 Å². The van der Waals surface area contributed by atoms with Crippen LogP contribution in [-0.2, 0) is 9.59 Å². The summed E-state index contributed by atoms with van der Waals surface area (Å²) in [6, 6.07) is -0.167. The first-order valence-electron chi connectivity index (χ1n) is 6.87. The summed E-state index contributed by atoms with van der Waals surface area (Å²) in [5, 5.41) is 12.0. The lowest BCUT2D eigenvalue weighted by atomic mass is 9.96. The van der Waals surface area contributed by atoms with E-state index in [0.717, 1.165) is 25.7 Å². The molecule has 2 atom stereocenters. The van der Waals surface area contributed by atoms with Crippen molar-refractivity contribution in [2.45, 2.75) is 57.4 Å². The molecule has 0 heterocycles. The standard InChI is InChI=1S/C14H21NO3/c16-13(9-10-5-2-1-3-6-10)15-12-8-4-7-11(12)14(17)18/h5,11-12H,1-4,6-9H2,(H,15,16)(H,17,18)/t11-,12+/m1/s1. The Hall–Kier alpha value is -1.32. The van der Waals surface area contributed by atoms with Crippen molar-refractivity contribution in [1.29, 1.82) is 0 Å². The zero-order valence-electron chi connectivity index (χ0n) is 10.7. The number of carboxylic acids is 1. The summed E-state index contributed by atoms with van der Waals surface area (Å²) >= 11 is 0. The van der Waals surface area contributed by atoms with Gasteiger partial charge in [0.05, 0.1) is 5.92 Å². The molecule has 0 aromatic carbocycles. The lowest BCUT2D eigenvalue weighted by molar-refractivity contribution is -0.142. The summed E-state index contributed by atoms with van der Waals surface area (Å²) in [7, 11) is 0. The van der Waals surface area contributed by atoms with Crippen molar-refractivity contribution in [3.8, 4) is 0 Å². The Labute approximate surface area is 107 Å². The van der Waals surface area contributed by atoms with E-state index < -0.39 is 11.9 Å². The number of hydrogen-bond donors (Lipinski definition) is 2. The second-order valence-electron chi connectivity index (χ2n) is 5.33. The van der Waals surface area contributed by atoms with E-state index in [0.29, 0.717) is 12.8 Å². The Morgan fingerprint density at radius 2 is 2.11 bits per heavy atom. The Morgan fingerprint density at radius 1 is 1.28 bits per heavy atom. The van der Waals surface area contributed by atoms with E-state index in [1.807, 2.05) is 0 Å². The molecule has 0 aliphatic heterocycles. The van der Waals surface area contributed by atoms with Crippen LogP contribution in [0.1, 0.15) is 51.4 Å². The van der Waals surface area contributed by atoms with Gasteiger partial charge in [0.25, 0.3) is 0 Å². The number of carbonyl (C=O) groups excluding carboxylic acids is 1. The Kier molecular flexibility index (Phi) is 4.39. The summed E-state index contributed by atoms with van der Waals surface area (Å²) in [4.78, 5) is 22.9. The van der Waals surface area contributed by atoms with Gasteiger partial charge < -0.3 is 10.4 Å². The van der Waals surface area contributed by atoms with Crippen molar-refractivity contribution >= 4 is 11.9 Å². The number of allylic oxidation sites excluding steroid dienone is 1. The number of nitrogens with one attached hydrogen (secondary N) is 1. The van der Waals surface area contributed by atoms with E-state index in [9.17, 15) is 9.59 Å². The van der Waals surface area contributed by atoms with Crippen LogP contribution < -0.4 is 5.32 Å². The van der Waals surface area contributed by atoms with Crippen molar-refractivity contribution < 1.29 is 14.7 Å². The minimum absolute atomic E-state index is 0.0127.